The molecule has 5 nitrogen and oxygen atoms in total. The van der Waals surface area contributed by atoms with E-state index in [1.54, 1.807) is 30.2 Å². The molecule has 0 amide bonds. The number of nitrogens with zero attached hydrogens (tertiary/aromatic N) is 3. The molecule has 1 fully saturated rings. The summed E-state index contributed by atoms with van der Waals surface area (Å²) in [4.78, 5) is 3.94. The third-order valence-electron chi connectivity index (χ3n) is 4.25. The van der Waals surface area contributed by atoms with Crippen LogP contribution in [0.15, 0.2) is 23.3 Å². The van der Waals surface area contributed by atoms with E-state index in [2.05, 4.69) is 15.4 Å². The average molecular weight is 374 g/mol. The van der Waals surface area contributed by atoms with Gasteiger partial charge in [0, 0.05) is 40.7 Å². The van der Waals surface area contributed by atoms with Crippen LogP contribution in [0.25, 0.3) is 12.2 Å². The van der Waals surface area contributed by atoms with Crippen molar-refractivity contribution in [1.29, 1.82) is 5.41 Å². The van der Waals surface area contributed by atoms with Crippen molar-refractivity contribution in [2.24, 2.45) is 4.99 Å². The van der Waals surface area contributed by atoms with E-state index in [1.807, 2.05) is 19.1 Å². The van der Waals surface area contributed by atoms with Crippen molar-refractivity contribution < 1.29 is 4.39 Å². The zero-order chi connectivity index (χ0) is 18.7. The summed E-state index contributed by atoms with van der Waals surface area (Å²) >= 11 is 6.32. The van der Waals surface area contributed by atoms with Crippen LogP contribution >= 0.6 is 11.6 Å². The minimum Gasteiger partial charge on any atom is -0.367 e. The predicted octanol–water partition coefficient (Wildman–Crippen LogP) is 2.08. The van der Waals surface area contributed by atoms with E-state index in [-0.39, 0.29) is 12.4 Å². The van der Waals surface area contributed by atoms with Crippen molar-refractivity contribution >= 4 is 35.8 Å². The molecule has 0 spiro atoms. The Bertz CT molecular complexity index is 949. The Labute approximate surface area is 156 Å². The summed E-state index contributed by atoms with van der Waals surface area (Å²) in [6.07, 6.45) is 9.27. The molecule has 2 aromatic rings. The van der Waals surface area contributed by atoms with Crippen molar-refractivity contribution in [3.05, 3.63) is 50.9 Å². The lowest BCUT2D eigenvalue weighted by molar-refractivity contribution is 0.579. The van der Waals surface area contributed by atoms with E-state index in [0.717, 1.165) is 23.4 Å². The number of amidine groups is 1. The van der Waals surface area contributed by atoms with Gasteiger partial charge in [-0.05, 0) is 38.0 Å². The number of rotatable bonds is 5. The maximum Gasteiger partial charge on any atom is 0.130 e. The standard InChI is InChI=1S/C19H21ClFN5/c1-3-18-12(6-7-23-2)10-24-26(18)11-15-16(20)8-13(9-17(15)21)19(22)25-14-4-5-14/h3,6-10,14H,4-5,11H2,1-2H3,(H2,22,25)/b12-6-,18-3+,23-7+. The van der Waals surface area contributed by atoms with E-state index in [4.69, 9.17) is 17.0 Å². The largest absolute Gasteiger partial charge is 0.367 e. The SMILES string of the molecule is C\C=c1/c(=C\C=N\C)cnn1Cc1c(F)cc(C(=N)NC2CC2)cc1Cl. The van der Waals surface area contributed by atoms with Crippen LogP contribution in [0.3, 0.4) is 0 Å². The molecule has 1 heterocycles. The van der Waals surface area contributed by atoms with Gasteiger partial charge in [-0.2, -0.15) is 5.10 Å². The van der Waals surface area contributed by atoms with Gasteiger partial charge in [0.2, 0.25) is 0 Å². The lowest BCUT2D eigenvalue weighted by Crippen LogP contribution is -2.30. The molecule has 0 unspecified atom stereocenters. The van der Waals surface area contributed by atoms with Gasteiger partial charge in [0.15, 0.2) is 0 Å². The zero-order valence-electron chi connectivity index (χ0n) is 14.8. The maximum absolute atomic E-state index is 14.7. The first-order valence-electron chi connectivity index (χ1n) is 8.47. The Morgan fingerprint density at radius 2 is 2.27 bits per heavy atom. The fourth-order valence-electron chi connectivity index (χ4n) is 2.70. The van der Waals surface area contributed by atoms with Crippen LogP contribution in [0.2, 0.25) is 5.02 Å². The monoisotopic (exact) mass is 373 g/mol. The van der Waals surface area contributed by atoms with Crippen molar-refractivity contribution in [3.8, 4) is 0 Å². The second-order valence-electron chi connectivity index (χ2n) is 6.22. The molecule has 0 atom stereocenters. The summed E-state index contributed by atoms with van der Waals surface area (Å²) in [6.45, 7) is 2.12. The van der Waals surface area contributed by atoms with E-state index < -0.39 is 5.82 Å². The molecule has 136 valence electrons. The summed E-state index contributed by atoms with van der Waals surface area (Å²) in [7, 11) is 1.70. The van der Waals surface area contributed by atoms with Gasteiger partial charge in [-0.25, -0.2) is 4.39 Å². The molecular weight excluding hydrogens is 353 g/mol. The molecule has 3 rings (SSSR count). The van der Waals surface area contributed by atoms with Crippen LogP contribution in [0, 0.1) is 11.2 Å². The van der Waals surface area contributed by atoms with Gasteiger partial charge in [0.25, 0.3) is 0 Å². The van der Waals surface area contributed by atoms with Gasteiger partial charge in [-0.15, -0.1) is 0 Å². The first-order chi connectivity index (χ1) is 12.5. The Morgan fingerprint density at radius 1 is 1.50 bits per heavy atom. The van der Waals surface area contributed by atoms with Crippen LogP contribution in [-0.4, -0.2) is 34.9 Å². The minimum absolute atomic E-state index is 0.206. The Hall–Kier alpha value is -2.47. The third kappa shape index (κ3) is 4.02. The molecular formula is C19H21ClFN5. The smallest absolute Gasteiger partial charge is 0.130 e. The van der Waals surface area contributed by atoms with Crippen molar-refractivity contribution in [1.82, 2.24) is 15.1 Å². The number of hydrogen-bond donors (Lipinski definition) is 2. The van der Waals surface area contributed by atoms with Gasteiger partial charge in [-0.3, -0.25) is 15.1 Å². The number of aromatic nitrogens is 2. The molecule has 7 heteroatoms. The topological polar surface area (TPSA) is 66.1 Å². The normalized spacial score (nSPS) is 15.8. The fraction of sp³-hybridized carbons (Fsp3) is 0.316. The van der Waals surface area contributed by atoms with Gasteiger partial charge in [-0.1, -0.05) is 17.7 Å². The molecule has 0 aliphatic heterocycles. The van der Waals surface area contributed by atoms with Crippen LogP contribution in [-0.2, 0) is 6.54 Å². The molecule has 1 saturated carbocycles. The first-order valence-corrected chi connectivity index (χ1v) is 8.85. The highest BCUT2D eigenvalue weighted by molar-refractivity contribution is 6.31. The fourth-order valence-corrected chi connectivity index (χ4v) is 2.97. The molecule has 1 aliphatic rings. The molecule has 0 bridgehead atoms. The summed E-state index contributed by atoms with van der Waals surface area (Å²) in [5.41, 5.74) is 0.815. The molecule has 26 heavy (non-hydrogen) atoms. The molecule has 1 aromatic heterocycles. The highest BCUT2D eigenvalue weighted by Crippen LogP contribution is 2.24. The lowest BCUT2D eigenvalue weighted by atomic mass is 10.1. The van der Waals surface area contributed by atoms with Crippen LogP contribution in [0.4, 0.5) is 4.39 Å². The number of hydrogen-bond acceptors (Lipinski definition) is 3. The van der Waals surface area contributed by atoms with Crippen LogP contribution in [0.5, 0.6) is 0 Å². The highest BCUT2D eigenvalue weighted by atomic mass is 35.5. The predicted molar refractivity (Wildman–Crippen MR) is 104 cm³/mol. The quantitative estimate of drug-likeness (QED) is 0.622. The second-order valence-corrected chi connectivity index (χ2v) is 6.62. The zero-order valence-corrected chi connectivity index (χ0v) is 15.5. The van der Waals surface area contributed by atoms with Crippen molar-refractivity contribution in [2.75, 3.05) is 7.05 Å². The van der Waals surface area contributed by atoms with Crippen molar-refractivity contribution in [2.45, 2.75) is 32.4 Å². The summed E-state index contributed by atoms with van der Waals surface area (Å²) < 4.78 is 16.4. The molecule has 2 N–H and O–H groups in total. The van der Waals surface area contributed by atoms with E-state index in [9.17, 15) is 4.39 Å². The van der Waals surface area contributed by atoms with Gasteiger partial charge in [0.1, 0.15) is 11.7 Å². The first kappa shape index (κ1) is 18.3. The number of aliphatic imine (C=N–C) groups is 1. The number of halogens is 2. The summed E-state index contributed by atoms with van der Waals surface area (Å²) in [5, 5.41) is 17.5. The Balaban J connectivity index is 1.91. The summed E-state index contributed by atoms with van der Waals surface area (Å²) in [5.74, 6) is -0.231. The highest BCUT2D eigenvalue weighted by Gasteiger charge is 2.23. The van der Waals surface area contributed by atoms with E-state index in [1.165, 1.54) is 6.07 Å². The Kier molecular flexibility index (Phi) is 5.52. The number of benzene rings is 1. The van der Waals surface area contributed by atoms with Gasteiger partial charge in [0.05, 0.1) is 18.1 Å². The molecule has 0 saturated heterocycles. The molecule has 1 aromatic carbocycles. The van der Waals surface area contributed by atoms with Gasteiger partial charge >= 0.3 is 0 Å². The van der Waals surface area contributed by atoms with Crippen LogP contribution < -0.4 is 15.9 Å². The van der Waals surface area contributed by atoms with Crippen molar-refractivity contribution in [3.63, 3.8) is 0 Å². The van der Waals surface area contributed by atoms with Gasteiger partial charge < -0.3 is 5.32 Å². The second kappa shape index (κ2) is 7.83. The third-order valence-corrected chi connectivity index (χ3v) is 4.59. The minimum atomic E-state index is -0.437. The summed E-state index contributed by atoms with van der Waals surface area (Å²) in [6, 6.07) is 3.32. The van der Waals surface area contributed by atoms with E-state index >= 15 is 0 Å². The molecule has 1 aliphatic carbocycles. The lowest BCUT2D eigenvalue weighted by Gasteiger charge is -2.11. The maximum atomic E-state index is 14.7. The van der Waals surface area contributed by atoms with Crippen LogP contribution in [0.1, 0.15) is 30.9 Å². The molecule has 0 radical (unpaired) electrons. The van der Waals surface area contributed by atoms with E-state index in [0.29, 0.717) is 22.2 Å². The average Bonchev–Trinajstić information content (AvgIpc) is 3.34. The number of nitrogens with one attached hydrogen (secondary N) is 2. The Morgan fingerprint density at radius 3 is 2.88 bits per heavy atom.